The van der Waals surface area contributed by atoms with Crippen LogP contribution in [0.5, 0.6) is 0 Å². The van der Waals surface area contributed by atoms with Crippen molar-refractivity contribution in [3.05, 3.63) is 36.0 Å². The highest BCUT2D eigenvalue weighted by atomic mass is 16.5. The number of para-hydroxylation sites is 1. The molecule has 2 atom stereocenters. The zero-order valence-electron chi connectivity index (χ0n) is 11.9. The Morgan fingerprint density at radius 1 is 1.50 bits per heavy atom. The number of nitrogens with one attached hydrogen (secondary N) is 1. The van der Waals surface area contributed by atoms with Crippen molar-refractivity contribution in [1.82, 2.24) is 4.98 Å². The van der Waals surface area contributed by atoms with Crippen LogP contribution in [0.25, 0.3) is 10.9 Å². The minimum Gasteiger partial charge on any atom is -0.461 e. The number of esters is 1. The van der Waals surface area contributed by atoms with E-state index in [4.69, 9.17) is 4.74 Å². The maximum absolute atomic E-state index is 12.3. The van der Waals surface area contributed by atoms with Crippen molar-refractivity contribution >= 4 is 16.9 Å². The first-order valence-corrected chi connectivity index (χ1v) is 6.71. The maximum atomic E-state index is 12.3. The summed E-state index contributed by atoms with van der Waals surface area (Å²) in [5.74, 6) is -0.501. The number of ether oxygens (including phenoxy) is 1. The van der Waals surface area contributed by atoms with Crippen LogP contribution in [-0.2, 0) is 14.9 Å². The van der Waals surface area contributed by atoms with E-state index in [-0.39, 0.29) is 6.10 Å². The van der Waals surface area contributed by atoms with Crippen LogP contribution in [-0.4, -0.2) is 17.1 Å². The summed E-state index contributed by atoms with van der Waals surface area (Å²) in [7, 11) is 0. The Morgan fingerprint density at radius 2 is 2.20 bits per heavy atom. The molecule has 0 spiro atoms. The fraction of sp³-hybridized carbons (Fsp3) is 0.375. The molecule has 0 aliphatic rings. The molecule has 0 unspecified atom stereocenters. The lowest BCUT2D eigenvalue weighted by atomic mass is 9.84. The number of carbonyl (C=O) groups excluding carboxylic acids is 1. The Kier molecular flexibility index (Phi) is 3.80. The summed E-state index contributed by atoms with van der Waals surface area (Å²) in [5, 5.41) is 10.4. The van der Waals surface area contributed by atoms with Gasteiger partial charge in [0.15, 0.2) is 5.41 Å². The first kappa shape index (κ1) is 14.1. The van der Waals surface area contributed by atoms with Gasteiger partial charge in [0.25, 0.3) is 0 Å². The van der Waals surface area contributed by atoms with Gasteiger partial charge in [-0.15, -0.1) is 0 Å². The molecule has 1 aromatic carbocycles. The molecule has 1 N–H and O–H groups in total. The standard InChI is InChI=1S/C16H18N2O2/c1-4-11(2)20-15(19)16(3,10-17)13-9-18-14-8-6-5-7-12(13)14/h5-9,11,18H,4H2,1-3H3/t11-,16-/m1/s1. The number of rotatable bonds is 4. The van der Waals surface area contributed by atoms with Gasteiger partial charge in [-0.3, -0.25) is 0 Å². The van der Waals surface area contributed by atoms with E-state index in [1.54, 1.807) is 13.1 Å². The molecule has 4 heteroatoms. The number of H-pyrrole nitrogens is 1. The molecule has 2 rings (SSSR count). The molecule has 0 radical (unpaired) electrons. The molecule has 0 bridgehead atoms. The monoisotopic (exact) mass is 270 g/mol. The van der Waals surface area contributed by atoms with Crippen LogP contribution < -0.4 is 0 Å². The summed E-state index contributed by atoms with van der Waals surface area (Å²) in [5.41, 5.74) is 0.257. The molecular weight excluding hydrogens is 252 g/mol. The number of fused-ring (bicyclic) bond motifs is 1. The minimum absolute atomic E-state index is 0.194. The maximum Gasteiger partial charge on any atom is 0.331 e. The van der Waals surface area contributed by atoms with Gasteiger partial charge in [0.1, 0.15) is 0 Å². The smallest absolute Gasteiger partial charge is 0.331 e. The SMILES string of the molecule is CC[C@@H](C)OC(=O)[C@](C)(C#N)c1c[nH]c2ccccc12. The Bertz CT molecular complexity index is 668. The molecule has 2 aromatic rings. The third-order valence-corrected chi connectivity index (χ3v) is 3.64. The average molecular weight is 270 g/mol. The van der Waals surface area contributed by atoms with E-state index in [0.717, 1.165) is 17.3 Å². The van der Waals surface area contributed by atoms with Crippen molar-refractivity contribution in [2.45, 2.75) is 38.7 Å². The number of aromatic amines is 1. The number of aromatic nitrogens is 1. The van der Waals surface area contributed by atoms with Crippen molar-refractivity contribution in [1.29, 1.82) is 5.26 Å². The summed E-state index contributed by atoms with van der Waals surface area (Å²) in [6.07, 6.45) is 2.24. The molecule has 0 amide bonds. The second-order valence-corrected chi connectivity index (χ2v) is 5.11. The topological polar surface area (TPSA) is 65.9 Å². The third kappa shape index (κ3) is 2.27. The van der Waals surface area contributed by atoms with Crippen LogP contribution in [0.4, 0.5) is 0 Å². The van der Waals surface area contributed by atoms with E-state index < -0.39 is 11.4 Å². The molecule has 1 aromatic heterocycles. The molecule has 0 aliphatic carbocycles. The molecule has 104 valence electrons. The number of nitrogens with zero attached hydrogens (tertiary/aromatic N) is 1. The normalized spacial score (nSPS) is 15.3. The first-order valence-electron chi connectivity index (χ1n) is 6.71. The van der Waals surface area contributed by atoms with E-state index in [1.165, 1.54) is 0 Å². The van der Waals surface area contributed by atoms with Gasteiger partial charge in [-0.1, -0.05) is 25.1 Å². The van der Waals surface area contributed by atoms with Gasteiger partial charge in [0.05, 0.1) is 12.2 Å². The largest absolute Gasteiger partial charge is 0.461 e. The Labute approximate surface area is 118 Å². The van der Waals surface area contributed by atoms with Crippen molar-refractivity contribution in [3.63, 3.8) is 0 Å². The van der Waals surface area contributed by atoms with E-state index in [2.05, 4.69) is 11.1 Å². The summed E-state index contributed by atoms with van der Waals surface area (Å²) in [4.78, 5) is 15.4. The third-order valence-electron chi connectivity index (χ3n) is 3.64. The number of benzene rings is 1. The zero-order chi connectivity index (χ0) is 14.8. The molecule has 20 heavy (non-hydrogen) atoms. The first-order chi connectivity index (χ1) is 9.52. The number of hydrogen-bond donors (Lipinski definition) is 1. The van der Waals surface area contributed by atoms with Crippen LogP contribution >= 0.6 is 0 Å². The van der Waals surface area contributed by atoms with Crippen molar-refractivity contribution in [3.8, 4) is 6.07 Å². The van der Waals surface area contributed by atoms with Gasteiger partial charge in [-0.2, -0.15) is 5.26 Å². The van der Waals surface area contributed by atoms with Gasteiger partial charge in [0, 0.05) is 22.7 Å². The van der Waals surface area contributed by atoms with Crippen LogP contribution in [0.2, 0.25) is 0 Å². The van der Waals surface area contributed by atoms with Crippen LogP contribution in [0.15, 0.2) is 30.5 Å². The van der Waals surface area contributed by atoms with Crippen molar-refractivity contribution in [2.24, 2.45) is 0 Å². The summed E-state index contributed by atoms with van der Waals surface area (Å²) >= 11 is 0. The number of carbonyl (C=O) groups is 1. The molecule has 0 saturated heterocycles. The van der Waals surface area contributed by atoms with E-state index in [9.17, 15) is 10.1 Å². The average Bonchev–Trinajstić information content (AvgIpc) is 2.90. The van der Waals surface area contributed by atoms with Crippen LogP contribution in [0, 0.1) is 11.3 Å². The van der Waals surface area contributed by atoms with E-state index in [1.807, 2.05) is 38.1 Å². The second-order valence-electron chi connectivity index (χ2n) is 5.11. The molecule has 0 fully saturated rings. The van der Waals surface area contributed by atoms with E-state index in [0.29, 0.717) is 5.56 Å². The molecule has 0 aliphatic heterocycles. The second kappa shape index (κ2) is 5.38. The molecule has 4 nitrogen and oxygen atoms in total. The number of nitriles is 1. The van der Waals surface area contributed by atoms with Crippen molar-refractivity contribution < 1.29 is 9.53 Å². The minimum atomic E-state index is -1.30. The lowest BCUT2D eigenvalue weighted by Gasteiger charge is -2.22. The molecular formula is C16H18N2O2. The summed E-state index contributed by atoms with van der Waals surface area (Å²) in [6.45, 7) is 5.37. The van der Waals surface area contributed by atoms with Gasteiger partial charge in [-0.05, 0) is 26.3 Å². The Hall–Kier alpha value is -2.28. The highest BCUT2D eigenvalue weighted by Crippen LogP contribution is 2.31. The Balaban J connectivity index is 2.46. The molecule has 1 heterocycles. The van der Waals surface area contributed by atoms with Gasteiger partial charge in [-0.25, -0.2) is 4.79 Å². The van der Waals surface area contributed by atoms with Gasteiger partial charge >= 0.3 is 5.97 Å². The lowest BCUT2D eigenvalue weighted by Crippen LogP contribution is -2.34. The quantitative estimate of drug-likeness (QED) is 0.867. The van der Waals surface area contributed by atoms with Crippen molar-refractivity contribution in [2.75, 3.05) is 0 Å². The number of hydrogen-bond acceptors (Lipinski definition) is 3. The molecule has 0 saturated carbocycles. The van der Waals surface area contributed by atoms with Gasteiger partial charge < -0.3 is 9.72 Å². The Morgan fingerprint density at radius 3 is 2.85 bits per heavy atom. The lowest BCUT2D eigenvalue weighted by molar-refractivity contribution is -0.152. The van der Waals surface area contributed by atoms with Crippen LogP contribution in [0.1, 0.15) is 32.8 Å². The highest BCUT2D eigenvalue weighted by Gasteiger charge is 2.39. The van der Waals surface area contributed by atoms with Gasteiger partial charge in [0.2, 0.25) is 0 Å². The zero-order valence-corrected chi connectivity index (χ0v) is 11.9. The predicted octanol–water partition coefficient (Wildman–Crippen LogP) is 3.29. The highest BCUT2D eigenvalue weighted by molar-refractivity contribution is 5.94. The fourth-order valence-corrected chi connectivity index (χ4v) is 2.08. The van der Waals surface area contributed by atoms with E-state index >= 15 is 0 Å². The summed E-state index contributed by atoms with van der Waals surface area (Å²) in [6, 6.07) is 9.71. The van der Waals surface area contributed by atoms with Crippen LogP contribution in [0.3, 0.4) is 0 Å². The predicted molar refractivity (Wildman–Crippen MR) is 77.1 cm³/mol. The summed E-state index contributed by atoms with van der Waals surface area (Å²) < 4.78 is 5.35. The fourth-order valence-electron chi connectivity index (χ4n) is 2.08.